The maximum absolute atomic E-state index is 12.8. The van der Waals surface area contributed by atoms with Gasteiger partial charge in [0, 0.05) is 37.6 Å². The van der Waals surface area contributed by atoms with E-state index in [0.29, 0.717) is 43.3 Å². The Morgan fingerprint density at radius 1 is 0.784 bits per heavy atom. The third-order valence-electron chi connectivity index (χ3n) is 5.77. The molecule has 1 saturated heterocycles. The van der Waals surface area contributed by atoms with Crippen LogP contribution in [0.4, 0.5) is 11.4 Å². The minimum absolute atomic E-state index is 0.0553. The Bertz CT molecular complexity index is 1420. The maximum Gasteiger partial charge on any atom is 0.262 e. The topological polar surface area (TPSA) is 125 Å². The molecule has 0 aliphatic carbocycles. The molecule has 1 aliphatic rings. The van der Waals surface area contributed by atoms with E-state index in [1.54, 1.807) is 30.3 Å². The highest BCUT2D eigenvalue weighted by Crippen LogP contribution is 2.21. The van der Waals surface area contributed by atoms with Crippen LogP contribution in [0.3, 0.4) is 0 Å². The standard InChI is InChI=1S/C25H28N4O6S2/c1-28-15-17-29(18-16-28)37(33,34)24-11-7-20(8-12-24)26-25(30)19-35-22-9-13-23(14-10-22)36(31,32)27-21-5-3-2-4-6-21/h2-14,27H,15-19H2,1H3,(H,26,30). The van der Waals surface area contributed by atoms with E-state index in [1.807, 2.05) is 7.05 Å². The number of carbonyl (C=O) groups is 1. The van der Waals surface area contributed by atoms with E-state index >= 15 is 0 Å². The van der Waals surface area contributed by atoms with Crippen molar-refractivity contribution in [3.63, 3.8) is 0 Å². The van der Waals surface area contributed by atoms with E-state index in [9.17, 15) is 21.6 Å². The SMILES string of the molecule is CN1CCN(S(=O)(=O)c2ccc(NC(=O)COc3ccc(S(=O)(=O)Nc4ccccc4)cc3)cc2)CC1. The molecule has 2 N–H and O–H groups in total. The smallest absolute Gasteiger partial charge is 0.262 e. The Labute approximate surface area is 217 Å². The van der Waals surface area contributed by atoms with Crippen molar-refractivity contribution in [1.29, 1.82) is 0 Å². The highest BCUT2D eigenvalue weighted by atomic mass is 32.2. The minimum atomic E-state index is -3.76. The van der Waals surface area contributed by atoms with Crippen LogP contribution >= 0.6 is 0 Å². The van der Waals surface area contributed by atoms with Gasteiger partial charge in [0.2, 0.25) is 10.0 Å². The molecule has 3 aromatic rings. The number of hydrogen-bond donors (Lipinski definition) is 2. The second-order valence-electron chi connectivity index (χ2n) is 8.51. The van der Waals surface area contributed by atoms with E-state index in [4.69, 9.17) is 4.74 Å². The lowest BCUT2D eigenvalue weighted by Gasteiger charge is -2.31. The molecular formula is C25H28N4O6S2. The van der Waals surface area contributed by atoms with Gasteiger partial charge >= 0.3 is 0 Å². The summed E-state index contributed by atoms with van der Waals surface area (Å²) in [5, 5.41) is 2.65. The zero-order valence-electron chi connectivity index (χ0n) is 20.2. The second-order valence-corrected chi connectivity index (χ2v) is 12.1. The van der Waals surface area contributed by atoms with Gasteiger partial charge in [0.05, 0.1) is 9.79 Å². The average molecular weight is 545 g/mol. The van der Waals surface area contributed by atoms with Gasteiger partial charge in [-0.05, 0) is 67.7 Å². The minimum Gasteiger partial charge on any atom is -0.484 e. The van der Waals surface area contributed by atoms with Gasteiger partial charge in [-0.2, -0.15) is 4.31 Å². The number of amides is 1. The van der Waals surface area contributed by atoms with Crippen LogP contribution < -0.4 is 14.8 Å². The summed E-state index contributed by atoms with van der Waals surface area (Å²) in [6, 6.07) is 20.2. The Kier molecular flexibility index (Phi) is 8.13. The fraction of sp³-hybridized carbons (Fsp3) is 0.240. The van der Waals surface area contributed by atoms with Gasteiger partial charge in [0.1, 0.15) is 5.75 Å². The van der Waals surface area contributed by atoms with Crippen LogP contribution in [0.2, 0.25) is 0 Å². The first-order valence-electron chi connectivity index (χ1n) is 11.5. The van der Waals surface area contributed by atoms with Gasteiger partial charge in [0.25, 0.3) is 15.9 Å². The molecule has 1 aliphatic heterocycles. The summed E-state index contributed by atoms with van der Waals surface area (Å²) in [6.45, 7) is 1.92. The molecular weight excluding hydrogens is 516 g/mol. The van der Waals surface area contributed by atoms with Gasteiger partial charge in [-0.3, -0.25) is 9.52 Å². The first-order chi connectivity index (χ1) is 17.6. The number of carbonyl (C=O) groups excluding carboxylic acids is 1. The molecule has 1 heterocycles. The molecule has 0 atom stereocenters. The molecule has 1 fully saturated rings. The quantitative estimate of drug-likeness (QED) is 0.424. The second kappa shape index (κ2) is 11.3. The number of nitrogens with one attached hydrogen (secondary N) is 2. The van der Waals surface area contributed by atoms with E-state index in [-0.39, 0.29) is 16.4 Å². The summed E-state index contributed by atoms with van der Waals surface area (Å²) in [5.74, 6) is -0.125. The lowest BCUT2D eigenvalue weighted by molar-refractivity contribution is -0.118. The number of anilines is 2. The maximum atomic E-state index is 12.8. The molecule has 10 nitrogen and oxygen atoms in total. The van der Waals surface area contributed by atoms with E-state index < -0.39 is 26.0 Å². The first kappa shape index (κ1) is 26.6. The van der Waals surface area contributed by atoms with Crippen LogP contribution in [0.15, 0.2) is 88.7 Å². The molecule has 3 aromatic carbocycles. The number of sulfonamides is 2. The van der Waals surface area contributed by atoms with Gasteiger partial charge in [0.15, 0.2) is 6.61 Å². The molecule has 0 bridgehead atoms. The van der Waals surface area contributed by atoms with E-state index in [1.165, 1.54) is 52.8 Å². The van der Waals surface area contributed by atoms with Crippen molar-refractivity contribution in [2.45, 2.75) is 9.79 Å². The lowest BCUT2D eigenvalue weighted by atomic mass is 10.3. The molecule has 1 amide bonds. The van der Waals surface area contributed by atoms with Crippen LogP contribution in [0.5, 0.6) is 5.75 Å². The molecule has 0 unspecified atom stereocenters. The monoisotopic (exact) mass is 544 g/mol. The third kappa shape index (κ3) is 6.86. The van der Waals surface area contributed by atoms with Gasteiger partial charge in [-0.15, -0.1) is 0 Å². The first-order valence-corrected chi connectivity index (χ1v) is 14.5. The normalized spacial score (nSPS) is 15.2. The highest BCUT2D eigenvalue weighted by molar-refractivity contribution is 7.92. The largest absolute Gasteiger partial charge is 0.484 e. The summed E-state index contributed by atoms with van der Waals surface area (Å²) < 4.78 is 60.1. The fourth-order valence-corrected chi connectivity index (χ4v) is 6.15. The predicted octanol–water partition coefficient (Wildman–Crippen LogP) is 2.44. The molecule has 37 heavy (non-hydrogen) atoms. The van der Waals surface area contributed by atoms with Crippen molar-refractivity contribution in [3.05, 3.63) is 78.9 Å². The molecule has 196 valence electrons. The van der Waals surface area contributed by atoms with Crippen molar-refractivity contribution in [1.82, 2.24) is 9.21 Å². The lowest BCUT2D eigenvalue weighted by Crippen LogP contribution is -2.46. The van der Waals surface area contributed by atoms with Crippen LogP contribution in [0.25, 0.3) is 0 Å². The van der Waals surface area contributed by atoms with Gasteiger partial charge < -0.3 is 15.0 Å². The highest BCUT2D eigenvalue weighted by Gasteiger charge is 2.27. The van der Waals surface area contributed by atoms with Crippen molar-refractivity contribution in [2.75, 3.05) is 49.9 Å². The number of nitrogens with zero attached hydrogens (tertiary/aromatic N) is 2. The number of hydrogen-bond acceptors (Lipinski definition) is 7. The summed E-state index contributed by atoms with van der Waals surface area (Å²) in [4.78, 5) is 14.6. The van der Waals surface area contributed by atoms with Crippen molar-refractivity contribution >= 4 is 37.3 Å². The van der Waals surface area contributed by atoms with Crippen LogP contribution in [0.1, 0.15) is 0 Å². The molecule has 4 rings (SSSR count). The van der Waals surface area contributed by atoms with Crippen molar-refractivity contribution < 1.29 is 26.4 Å². The third-order valence-corrected chi connectivity index (χ3v) is 9.08. The predicted molar refractivity (Wildman–Crippen MR) is 141 cm³/mol. The molecule has 0 spiro atoms. The molecule has 12 heteroatoms. The number of benzene rings is 3. The molecule has 0 saturated carbocycles. The Morgan fingerprint density at radius 2 is 1.38 bits per heavy atom. The van der Waals surface area contributed by atoms with Gasteiger partial charge in [-0.25, -0.2) is 16.8 Å². The Morgan fingerprint density at radius 3 is 2.00 bits per heavy atom. The summed E-state index contributed by atoms with van der Waals surface area (Å²) in [7, 11) is -5.39. The van der Waals surface area contributed by atoms with Crippen molar-refractivity contribution in [3.8, 4) is 5.75 Å². The zero-order chi connectivity index (χ0) is 26.5. The van der Waals surface area contributed by atoms with E-state index in [0.717, 1.165) is 0 Å². The summed E-state index contributed by atoms with van der Waals surface area (Å²) in [6.07, 6.45) is 0. The fourth-order valence-electron chi connectivity index (χ4n) is 3.67. The van der Waals surface area contributed by atoms with E-state index in [2.05, 4.69) is 14.9 Å². The Hall–Kier alpha value is -3.45. The van der Waals surface area contributed by atoms with Gasteiger partial charge in [-0.1, -0.05) is 18.2 Å². The van der Waals surface area contributed by atoms with Crippen LogP contribution in [-0.2, 0) is 24.8 Å². The molecule has 0 aromatic heterocycles. The Balaban J connectivity index is 1.29. The number of piperazine rings is 1. The average Bonchev–Trinajstić information content (AvgIpc) is 2.89. The summed E-state index contributed by atoms with van der Waals surface area (Å²) >= 11 is 0. The van der Waals surface area contributed by atoms with Crippen molar-refractivity contribution in [2.24, 2.45) is 0 Å². The number of ether oxygens (including phenoxy) is 1. The van der Waals surface area contributed by atoms with Crippen LogP contribution in [0, 0.1) is 0 Å². The number of para-hydroxylation sites is 1. The number of likely N-dealkylation sites (N-methyl/N-ethyl adjacent to an activating group) is 1. The van der Waals surface area contributed by atoms with Crippen LogP contribution in [-0.4, -0.2) is 71.8 Å². The molecule has 0 radical (unpaired) electrons. The summed E-state index contributed by atoms with van der Waals surface area (Å²) in [5.41, 5.74) is 0.879. The zero-order valence-corrected chi connectivity index (χ0v) is 21.8. The number of rotatable bonds is 9.